The number of rotatable bonds is 7. The van der Waals surface area contributed by atoms with E-state index in [-0.39, 0.29) is 24.3 Å². The number of piperazine rings is 1. The molecular formula is C27H32N4O4. The van der Waals surface area contributed by atoms with Gasteiger partial charge in [0.1, 0.15) is 12.6 Å². The Morgan fingerprint density at radius 2 is 1.54 bits per heavy atom. The zero-order chi connectivity index (χ0) is 24.8. The van der Waals surface area contributed by atoms with Crippen LogP contribution in [0.4, 0.5) is 4.79 Å². The van der Waals surface area contributed by atoms with E-state index < -0.39 is 12.1 Å². The van der Waals surface area contributed by atoms with Crippen LogP contribution < -0.4 is 5.32 Å². The minimum absolute atomic E-state index is 0.0760. The van der Waals surface area contributed by atoms with Crippen molar-refractivity contribution in [2.75, 3.05) is 26.2 Å². The lowest BCUT2D eigenvalue weighted by Crippen LogP contribution is -2.56. The van der Waals surface area contributed by atoms with Crippen LogP contribution in [0, 0.1) is 5.92 Å². The smallest absolute Gasteiger partial charge is 0.408 e. The Hall–Kier alpha value is -3.81. The van der Waals surface area contributed by atoms with Crippen molar-refractivity contribution in [2.24, 2.45) is 5.92 Å². The van der Waals surface area contributed by atoms with Crippen LogP contribution >= 0.6 is 0 Å². The van der Waals surface area contributed by atoms with Gasteiger partial charge in [-0.05, 0) is 17.2 Å². The second-order valence-corrected chi connectivity index (χ2v) is 9.13. The third-order valence-electron chi connectivity index (χ3n) is 6.30. The van der Waals surface area contributed by atoms with Crippen molar-refractivity contribution in [3.8, 4) is 0 Å². The molecule has 184 valence electrons. The van der Waals surface area contributed by atoms with Crippen molar-refractivity contribution in [3.05, 3.63) is 71.9 Å². The number of H-pyrrole nitrogens is 1. The predicted molar refractivity (Wildman–Crippen MR) is 134 cm³/mol. The lowest BCUT2D eigenvalue weighted by molar-refractivity contribution is -0.142. The number of alkyl carbamates (subject to hydrolysis) is 1. The van der Waals surface area contributed by atoms with E-state index in [4.69, 9.17) is 4.74 Å². The number of hydrogen-bond donors (Lipinski definition) is 2. The molecule has 0 radical (unpaired) electrons. The number of aromatic nitrogens is 1. The fourth-order valence-corrected chi connectivity index (χ4v) is 4.36. The second kappa shape index (κ2) is 11.1. The van der Waals surface area contributed by atoms with Crippen LogP contribution in [0.25, 0.3) is 10.9 Å². The third-order valence-corrected chi connectivity index (χ3v) is 6.30. The molecule has 1 atom stereocenters. The summed E-state index contributed by atoms with van der Waals surface area (Å²) < 4.78 is 5.40. The number of fused-ring (bicyclic) bond motifs is 1. The number of carbonyl (C=O) groups excluding carboxylic acids is 3. The van der Waals surface area contributed by atoms with Gasteiger partial charge in [0.05, 0.1) is 0 Å². The molecule has 1 saturated heterocycles. The van der Waals surface area contributed by atoms with Crippen LogP contribution in [0.15, 0.2) is 60.8 Å². The first-order valence-corrected chi connectivity index (χ1v) is 12.0. The monoisotopic (exact) mass is 476 g/mol. The molecule has 0 unspecified atom stereocenters. The van der Waals surface area contributed by atoms with Crippen molar-refractivity contribution in [2.45, 2.75) is 32.9 Å². The number of para-hydroxylation sites is 1. The Morgan fingerprint density at radius 1 is 0.914 bits per heavy atom. The zero-order valence-corrected chi connectivity index (χ0v) is 20.2. The van der Waals surface area contributed by atoms with Gasteiger partial charge in [-0.3, -0.25) is 9.59 Å². The maximum absolute atomic E-state index is 13.5. The van der Waals surface area contributed by atoms with Gasteiger partial charge in [0.15, 0.2) is 0 Å². The van der Waals surface area contributed by atoms with Crippen LogP contribution in [-0.4, -0.2) is 64.9 Å². The minimum atomic E-state index is -0.787. The fourth-order valence-electron chi connectivity index (χ4n) is 4.36. The first-order chi connectivity index (χ1) is 16.9. The summed E-state index contributed by atoms with van der Waals surface area (Å²) in [5, 5.41) is 3.80. The molecule has 35 heavy (non-hydrogen) atoms. The summed E-state index contributed by atoms with van der Waals surface area (Å²) in [5.74, 6) is -0.161. The molecule has 0 saturated carbocycles. The highest BCUT2D eigenvalue weighted by Gasteiger charge is 2.31. The molecule has 1 fully saturated rings. The van der Waals surface area contributed by atoms with Crippen LogP contribution in [0.1, 0.15) is 25.0 Å². The van der Waals surface area contributed by atoms with Crippen molar-refractivity contribution < 1.29 is 19.1 Å². The molecule has 2 aromatic carbocycles. The highest BCUT2D eigenvalue weighted by atomic mass is 16.5. The molecule has 3 aromatic rings. The Balaban J connectivity index is 1.45. The van der Waals surface area contributed by atoms with Gasteiger partial charge in [-0.1, -0.05) is 62.4 Å². The molecule has 0 bridgehead atoms. The third kappa shape index (κ3) is 6.01. The number of nitrogens with zero attached hydrogens (tertiary/aromatic N) is 2. The summed E-state index contributed by atoms with van der Waals surface area (Å²) >= 11 is 0. The van der Waals surface area contributed by atoms with E-state index in [9.17, 15) is 14.4 Å². The number of ether oxygens (including phenoxy) is 1. The van der Waals surface area contributed by atoms with E-state index in [1.54, 1.807) is 9.80 Å². The topological polar surface area (TPSA) is 94.7 Å². The molecule has 0 spiro atoms. The number of aromatic amines is 1. The molecule has 1 aliphatic heterocycles. The molecular weight excluding hydrogens is 444 g/mol. The summed E-state index contributed by atoms with van der Waals surface area (Å²) in [5.41, 5.74) is 2.78. The summed E-state index contributed by atoms with van der Waals surface area (Å²) in [6.45, 7) is 5.72. The van der Waals surface area contributed by atoms with Crippen LogP contribution in [-0.2, 0) is 27.4 Å². The van der Waals surface area contributed by atoms with Crippen molar-refractivity contribution in [1.82, 2.24) is 20.1 Å². The Bertz CT molecular complexity index is 1170. The Morgan fingerprint density at radius 3 is 2.23 bits per heavy atom. The van der Waals surface area contributed by atoms with Gasteiger partial charge in [-0.15, -0.1) is 0 Å². The number of benzene rings is 2. The molecule has 8 nitrogen and oxygen atoms in total. The van der Waals surface area contributed by atoms with E-state index >= 15 is 0 Å². The minimum Gasteiger partial charge on any atom is -0.445 e. The van der Waals surface area contributed by atoms with Gasteiger partial charge < -0.3 is 24.8 Å². The predicted octanol–water partition coefficient (Wildman–Crippen LogP) is 3.33. The molecule has 0 aliphatic carbocycles. The lowest BCUT2D eigenvalue weighted by Gasteiger charge is -2.37. The number of carbonyl (C=O) groups is 3. The first kappa shape index (κ1) is 24.3. The number of nitrogens with one attached hydrogen (secondary N) is 2. The van der Waals surface area contributed by atoms with Gasteiger partial charge in [0, 0.05) is 55.6 Å². The van der Waals surface area contributed by atoms with Crippen molar-refractivity contribution in [1.29, 1.82) is 0 Å². The fraction of sp³-hybridized carbons (Fsp3) is 0.370. The van der Waals surface area contributed by atoms with Gasteiger partial charge in [0.25, 0.3) is 0 Å². The zero-order valence-electron chi connectivity index (χ0n) is 20.2. The van der Waals surface area contributed by atoms with Crippen molar-refractivity contribution in [3.63, 3.8) is 0 Å². The highest BCUT2D eigenvalue weighted by Crippen LogP contribution is 2.20. The van der Waals surface area contributed by atoms with Gasteiger partial charge in [0.2, 0.25) is 11.8 Å². The average Bonchev–Trinajstić information content (AvgIpc) is 3.29. The normalized spacial score (nSPS) is 14.7. The molecule has 1 aliphatic rings. The number of hydrogen-bond acceptors (Lipinski definition) is 4. The number of amides is 3. The Kier molecular flexibility index (Phi) is 7.70. The van der Waals surface area contributed by atoms with E-state index in [0.29, 0.717) is 32.6 Å². The first-order valence-electron chi connectivity index (χ1n) is 12.0. The average molecular weight is 477 g/mol. The molecule has 3 amide bonds. The molecule has 1 aromatic heterocycles. The van der Waals surface area contributed by atoms with Gasteiger partial charge in [-0.25, -0.2) is 4.79 Å². The maximum atomic E-state index is 13.5. The standard InChI is InChI=1S/C27H32N4O4/c1-19(2)25(32)30-12-14-31(15-13-30)26(33)24(16-21-17-28-23-11-7-6-10-22(21)23)29-27(34)35-18-20-8-4-3-5-9-20/h3-11,17,19,24,28H,12-16,18H2,1-2H3,(H,29,34)/t24-/m1/s1. The lowest BCUT2D eigenvalue weighted by atomic mass is 10.0. The molecule has 2 N–H and O–H groups in total. The van der Waals surface area contributed by atoms with Gasteiger partial charge in [-0.2, -0.15) is 0 Å². The summed E-state index contributed by atoms with van der Waals surface area (Å²) in [4.78, 5) is 45.3. The SMILES string of the molecule is CC(C)C(=O)N1CCN(C(=O)[C@@H](Cc2c[nH]c3ccccc23)NC(=O)OCc2ccccc2)CC1. The summed E-state index contributed by atoms with van der Waals surface area (Å²) in [7, 11) is 0. The largest absolute Gasteiger partial charge is 0.445 e. The van der Waals surface area contributed by atoms with E-state index in [2.05, 4.69) is 10.3 Å². The molecule has 8 heteroatoms. The van der Waals surface area contributed by atoms with Crippen molar-refractivity contribution >= 4 is 28.8 Å². The van der Waals surface area contributed by atoms with Gasteiger partial charge >= 0.3 is 6.09 Å². The molecule has 4 rings (SSSR count). The van der Waals surface area contributed by atoms with E-state index in [0.717, 1.165) is 22.0 Å². The van der Waals surface area contributed by atoms with E-state index in [1.807, 2.05) is 74.6 Å². The summed E-state index contributed by atoms with van der Waals surface area (Å²) in [6, 6.07) is 16.5. The van der Waals surface area contributed by atoms with Crippen LogP contribution in [0.2, 0.25) is 0 Å². The summed E-state index contributed by atoms with van der Waals surface area (Å²) in [6.07, 6.45) is 1.57. The van der Waals surface area contributed by atoms with Crippen LogP contribution in [0.3, 0.4) is 0 Å². The second-order valence-electron chi connectivity index (χ2n) is 9.13. The maximum Gasteiger partial charge on any atom is 0.408 e. The Labute approximate surface area is 205 Å². The van der Waals surface area contributed by atoms with Crippen LogP contribution in [0.5, 0.6) is 0 Å². The molecule has 2 heterocycles. The quantitative estimate of drug-likeness (QED) is 0.547. The highest BCUT2D eigenvalue weighted by molar-refractivity contribution is 5.88. The van der Waals surface area contributed by atoms with E-state index in [1.165, 1.54) is 0 Å².